The molecule has 2 N–H and O–H groups in total. The number of methoxy groups -OCH3 is 1. The molecule has 1 saturated carbocycles. The summed E-state index contributed by atoms with van der Waals surface area (Å²) in [5.41, 5.74) is 1.88. The lowest BCUT2D eigenvalue weighted by Crippen LogP contribution is -2.59. The molecule has 2 aliphatic heterocycles. The molecular weight excluding hydrogens is 414 g/mol. The van der Waals surface area contributed by atoms with Crippen molar-refractivity contribution in [1.29, 1.82) is 0 Å². The molecule has 1 aromatic heterocycles. The smallest absolute Gasteiger partial charge is 0.222 e. The number of piperidine rings is 1. The molecule has 1 spiro atoms. The van der Waals surface area contributed by atoms with Gasteiger partial charge in [0.05, 0.1) is 24.4 Å². The Hall–Kier alpha value is -3.09. The fraction of sp³-hybridized carbons (Fsp3) is 0.500. The number of ether oxygens (including phenoxy) is 1. The summed E-state index contributed by atoms with van der Waals surface area (Å²) in [6.45, 7) is 1.45. The van der Waals surface area contributed by atoms with Crippen LogP contribution in [0.3, 0.4) is 0 Å². The summed E-state index contributed by atoms with van der Waals surface area (Å²) < 4.78 is 5.30. The topological polar surface area (TPSA) is 78.8 Å². The molecular formula is C26H33N5O2. The largest absolute Gasteiger partial charge is 0.497 e. The molecule has 1 saturated heterocycles. The third-order valence-electron chi connectivity index (χ3n) is 7.24. The highest BCUT2D eigenvalue weighted by Gasteiger charge is 2.44. The molecule has 7 nitrogen and oxygen atoms in total. The summed E-state index contributed by atoms with van der Waals surface area (Å²) in [5, 5.41) is 7.31. The normalized spacial score (nSPS) is 20.9. The molecule has 0 atom stereocenters. The van der Waals surface area contributed by atoms with E-state index in [-0.39, 0.29) is 11.4 Å². The third kappa shape index (κ3) is 4.68. The number of carbonyl (C=O) groups is 1. The van der Waals surface area contributed by atoms with E-state index in [1.54, 1.807) is 7.11 Å². The molecule has 0 radical (unpaired) electrons. The number of likely N-dealkylation sites (tertiary alicyclic amines) is 1. The average molecular weight is 448 g/mol. The lowest BCUT2D eigenvalue weighted by Gasteiger charge is -2.46. The number of pyridine rings is 1. The van der Waals surface area contributed by atoms with Gasteiger partial charge in [0.2, 0.25) is 5.91 Å². The van der Waals surface area contributed by atoms with E-state index in [1.807, 2.05) is 35.4 Å². The molecule has 33 heavy (non-hydrogen) atoms. The Morgan fingerprint density at radius 2 is 2.03 bits per heavy atom. The molecule has 5 rings (SSSR count). The van der Waals surface area contributed by atoms with Crippen LogP contribution in [-0.2, 0) is 11.2 Å². The number of rotatable bonds is 5. The zero-order valence-corrected chi connectivity index (χ0v) is 19.3. The first-order valence-electron chi connectivity index (χ1n) is 12.1. The van der Waals surface area contributed by atoms with Crippen LogP contribution in [0.15, 0.2) is 47.6 Å². The van der Waals surface area contributed by atoms with Gasteiger partial charge in [-0.25, -0.2) is 4.98 Å². The Kier molecular flexibility index (Phi) is 6.20. The van der Waals surface area contributed by atoms with Crippen molar-refractivity contribution in [1.82, 2.24) is 9.88 Å². The number of aliphatic imine (C=N–C) groups is 1. The molecule has 2 aromatic rings. The lowest BCUT2D eigenvalue weighted by molar-refractivity contribution is -0.132. The highest BCUT2D eigenvalue weighted by molar-refractivity contribution is 6.08. The van der Waals surface area contributed by atoms with Crippen molar-refractivity contribution >= 4 is 23.2 Å². The molecule has 0 bridgehead atoms. The summed E-state index contributed by atoms with van der Waals surface area (Å²) in [4.78, 5) is 24.7. The van der Waals surface area contributed by atoms with E-state index in [2.05, 4.69) is 27.8 Å². The van der Waals surface area contributed by atoms with Gasteiger partial charge in [-0.3, -0.25) is 9.79 Å². The average Bonchev–Trinajstić information content (AvgIpc) is 3.37. The number of carbonyl (C=O) groups excluding carboxylic acids is 1. The lowest BCUT2D eigenvalue weighted by atomic mass is 9.84. The SMILES string of the molecule is COc1cccc(CCC(=O)N2CCC3(CC2)Nc2cccnc2NC3=NC2CCCC2)c1. The Bertz CT molecular complexity index is 1020. The van der Waals surface area contributed by atoms with Gasteiger partial charge in [0, 0.05) is 25.7 Å². The van der Waals surface area contributed by atoms with Gasteiger partial charge in [-0.2, -0.15) is 0 Å². The van der Waals surface area contributed by atoms with E-state index in [1.165, 1.54) is 12.8 Å². The fourth-order valence-electron chi connectivity index (χ4n) is 5.26. The van der Waals surface area contributed by atoms with Gasteiger partial charge in [-0.15, -0.1) is 0 Å². The van der Waals surface area contributed by atoms with Gasteiger partial charge < -0.3 is 20.3 Å². The van der Waals surface area contributed by atoms with Crippen molar-refractivity contribution < 1.29 is 9.53 Å². The van der Waals surface area contributed by atoms with Crippen molar-refractivity contribution in [2.45, 2.75) is 62.9 Å². The van der Waals surface area contributed by atoms with Crippen LogP contribution in [0.2, 0.25) is 0 Å². The van der Waals surface area contributed by atoms with Gasteiger partial charge in [0.25, 0.3) is 0 Å². The van der Waals surface area contributed by atoms with Crippen LogP contribution < -0.4 is 15.4 Å². The minimum Gasteiger partial charge on any atom is -0.497 e. The van der Waals surface area contributed by atoms with Crippen LogP contribution >= 0.6 is 0 Å². The molecule has 1 amide bonds. The molecule has 2 fully saturated rings. The van der Waals surface area contributed by atoms with Crippen molar-refractivity contribution in [2.24, 2.45) is 4.99 Å². The second-order valence-corrected chi connectivity index (χ2v) is 9.38. The van der Waals surface area contributed by atoms with Crippen molar-refractivity contribution in [3.63, 3.8) is 0 Å². The van der Waals surface area contributed by atoms with Crippen LogP contribution in [0.1, 0.15) is 50.5 Å². The van der Waals surface area contributed by atoms with E-state index in [9.17, 15) is 4.79 Å². The molecule has 7 heteroatoms. The number of nitrogens with zero attached hydrogens (tertiary/aromatic N) is 3. The number of hydrogen-bond acceptors (Lipinski definition) is 5. The van der Waals surface area contributed by atoms with Crippen molar-refractivity contribution in [3.8, 4) is 5.75 Å². The highest BCUT2D eigenvalue weighted by Crippen LogP contribution is 2.37. The quantitative estimate of drug-likeness (QED) is 0.716. The zero-order valence-electron chi connectivity index (χ0n) is 19.3. The minimum atomic E-state index is -0.262. The standard InChI is InChI=1S/C26H33N5O2/c1-33-21-9-4-6-19(18-21)11-12-23(32)31-16-13-26(14-17-31)25(28-20-7-2-3-8-20)29-24-22(30-26)10-5-15-27-24/h4-6,9-10,15,18,20,30H,2-3,7-8,11-14,16-17H2,1H3,(H,27,28,29). The monoisotopic (exact) mass is 447 g/mol. The summed E-state index contributed by atoms with van der Waals surface area (Å²) in [6.07, 6.45) is 9.55. The number of hydrogen-bond donors (Lipinski definition) is 2. The molecule has 0 unspecified atom stereocenters. The number of anilines is 2. The highest BCUT2D eigenvalue weighted by atomic mass is 16.5. The Balaban J connectivity index is 1.26. The van der Waals surface area contributed by atoms with Crippen LogP contribution in [0.5, 0.6) is 5.75 Å². The fourth-order valence-corrected chi connectivity index (χ4v) is 5.26. The predicted octanol–water partition coefficient (Wildman–Crippen LogP) is 4.26. The Morgan fingerprint density at radius 1 is 1.21 bits per heavy atom. The number of amides is 1. The van der Waals surface area contributed by atoms with E-state index in [0.29, 0.717) is 12.5 Å². The molecule has 174 valence electrons. The van der Waals surface area contributed by atoms with Crippen LogP contribution in [0.25, 0.3) is 0 Å². The maximum Gasteiger partial charge on any atom is 0.222 e. The molecule has 1 aliphatic carbocycles. The first kappa shape index (κ1) is 21.7. The summed E-state index contributed by atoms with van der Waals surface area (Å²) >= 11 is 0. The number of benzene rings is 1. The van der Waals surface area contributed by atoms with Crippen molar-refractivity contribution in [3.05, 3.63) is 48.2 Å². The van der Waals surface area contributed by atoms with E-state index < -0.39 is 0 Å². The first-order valence-corrected chi connectivity index (χ1v) is 12.1. The van der Waals surface area contributed by atoms with Gasteiger partial charge in [0.1, 0.15) is 11.6 Å². The van der Waals surface area contributed by atoms with Crippen LogP contribution in [0.4, 0.5) is 11.5 Å². The molecule has 3 aliphatic rings. The summed E-state index contributed by atoms with van der Waals surface area (Å²) in [6, 6.07) is 12.4. The van der Waals surface area contributed by atoms with Gasteiger partial charge in [-0.05, 0) is 61.9 Å². The first-order chi connectivity index (χ1) is 16.1. The van der Waals surface area contributed by atoms with Gasteiger partial charge >= 0.3 is 0 Å². The van der Waals surface area contributed by atoms with E-state index in [0.717, 1.165) is 73.8 Å². The second kappa shape index (κ2) is 9.41. The van der Waals surface area contributed by atoms with Gasteiger partial charge in [0.15, 0.2) is 5.82 Å². The minimum absolute atomic E-state index is 0.216. The van der Waals surface area contributed by atoms with Crippen LogP contribution in [-0.4, -0.2) is 53.4 Å². The number of aromatic nitrogens is 1. The maximum atomic E-state index is 13.0. The Labute approximate surface area is 195 Å². The number of fused-ring (bicyclic) bond motifs is 1. The third-order valence-corrected chi connectivity index (χ3v) is 7.24. The van der Waals surface area contributed by atoms with Gasteiger partial charge in [-0.1, -0.05) is 25.0 Å². The van der Waals surface area contributed by atoms with Crippen molar-refractivity contribution in [2.75, 3.05) is 30.8 Å². The Morgan fingerprint density at radius 3 is 2.82 bits per heavy atom. The summed E-state index contributed by atoms with van der Waals surface area (Å²) in [7, 11) is 1.67. The van der Waals surface area contributed by atoms with E-state index in [4.69, 9.17) is 9.73 Å². The second-order valence-electron chi connectivity index (χ2n) is 9.38. The number of nitrogens with one attached hydrogen (secondary N) is 2. The van der Waals surface area contributed by atoms with E-state index >= 15 is 0 Å². The predicted molar refractivity (Wildman–Crippen MR) is 131 cm³/mol. The summed E-state index contributed by atoms with van der Waals surface area (Å²) in [5.74, 6) is 2.90. The molecule has 1 aromatic carbocycles. The zero-order chi connectivity index (χ0) is 22.7. The molecule has 3 heterocycles. The number of aryl methyl sites for hydroxylation is 1. The number of amidine groups is 1. The maximum absolute atomic E-state index is 13.0. The van der Waals surface area contributed by atoms with Crippen LogP contribution in [0, 0.1) is 0 Å².